The predicted octanol–water partition coefficient (Wildman–Crippen LogP) is 3.53. The van der Waals surface area contributed by atoms with Crippen molar-refractivity contribution in [2.45, 2.75) is 13.8 Å². The lowest BCUT2D eigenvalue weighted by Crippen LogP contribution is -2.06. The molecule has 2 rings (SSSR count). The molecule has 0 spiro atoms. The van der Waals surface area contributed by atoms with E-state index in [-0.39, 0.29) is 11.6 Å². The van der Waals surface area contributed by atoms with Crippen LogP contribution in [0.5, 0.6) is 0 Å². The van der Waals surface area contributed by atoms with Gasteiger partial charge in [0.15, 0.2) is 11.6 Å². The van der Waals surface area contributed by atoms with Crippen LogP contribution < -0.4 is 0 Å². The summed E-state index contributed by atoms with van der Waals surface area (Å²) in [6, 6.07) is 11.7. The number of carboxylic acid groups (broad SMARTS) is 1. The maximum absolute atomic E-state index is 12.7. The number of ketones is 2. The first-order chi connectivity index (χ1) is 10.9. The van der Waals surface area contributed by atoms with Gasteiger partial charge in [0.2, 0.25) is 0 Å². The number of carbonyl (C=O) groups excluding carboxylic acids is 2. The molecule has 2 aromatic carbocycles. The van der Waals surface area contributed by atoms with Crippen LogP contribution in [0.1, 0.15) is 44.3 Å². The minimum Gasteiger partial charge on any atom is -0.478 e. The molecule has 2 aromatic rings. The molecule has 0 amide bonds. The number of carboxylic acids is 1. The molecule has 0 heterocycles. The molecule has 23 heavy (non-hydrogen) atoms. The molecule has 1 N–H and O–H groups in total. The fourth-order valence-corrected chi connectivity index (χ4v) is 2.29. The molecule has 0 aromatic heterocycles. The van der Waals surface area contributed by atoms with E-state index in [2.05, 4.69) is 0 Å². The van der Waals surface area contributed by atoms with E-state index < -0.39 is 5.97 Å². The standard InChI is InChI=1S/C19H16O4/c1-12-5-3-8-17(16(12)9-10-18(21)22)19(23)15-7-4-6-14(11-15)13(2)20/h3-11H,1-2H3,(H,21,22)/b10-9+. The molecule has 4 heteroatoms. The van der Waals surface area contributed by atoms with Crippen molar-refractivity contribution < 1.29 is 19.5 Å². The Balaban J connectivity index is 2.51. The van der Waals surface area contributed by atoms with Gasteiger partial charge in [-0.1, -0.05) is 36.4 Å². The fraction of sp³-hybridized carbons (Fsp3) is 0.105. The molecule has 0 aliphatic heterocycles. The first-order valence-electron chi connectivity index (χ1n) is 7.06. The topological polar surface area (TPSA) is 71.4 Å². The van der Waals surface area contributed by atoms with Gasteiger partial charge in [-0.3, -0.25) is 9.59 Å². The Morgan fingerprint density at radius 1 is 1.00 bits per heavy atom. The number of rotatable bonds is 5. The summed E-state index contributed by atoms with van der Waals surface area (Å²) in [5.74, 6) is -1.44. The average molecular weight is 308 g/mol. The molecule has 0 atom stereocenters. The second-order valence-electron chi connectivity index (χ2n) is 5.17. The average Bonchev–Trinajstić information content (AvgIpc) is 2.52. The van der Waals surface area contributed by atoms with Crippen LogP contribution in [0.4, 0.5) is 0 Å². The number of aryl methyl sites for hydroxylation is 1. The quantitative estimate of drug-likeness (QED) is 0.677. The van der Waals surface area contributed by atoms with Gasteiger partial charge in [-0.2, -0.15) is 0 Å². The molecule has 0 aliphatic carbocycles. The summed E-state index contributed by atoms with van der Waals surface area (Å²) in [6.45, 7) is 3.25. The van der Waals surface area contributed by atoms with Crippen molar-refractivity contribution >= 4 is 23.6 Å². The number of benzene rings is 2. The van der Waals surface area contributed by atoms with Crippen molar-refractivity contribution in [2.24, 2.45) is 0 Å². The molecule has 0 fully saturated rings. The highest BCUT2D eigenvalue weighted by Crippen LogP contribution is 2.20. The summed E-state index contributed by atoms with van der Waals surface area (Å²) < 4.78 is 0. The molecule has 0 radical (unpaired) electrons. The minimum absolute atomic E-state index is 0.116. The molecule has 0 bridgehead atoms. The van der Waals surface area contributed by atoms with Gasteiger partial charge in [0.1, 0.15) is 0 Å². The van der Waals surface area contributed by atoms with E-state index in [0.717, 1.165) is 11.6 Å². The first-order valence-corrected chi connectivity index (χ1v) is 7.06. The van der Waals surface area contributed by atoms with Gasteiger partial charge >= 0.3 is 5.97 Å². The third-order valence-electron chi connectivity index (χ3n) is 3.49. The third kappa shape index (κ3) is 3.80. The summed E-state index contributed by atoms with van der Waals surface area (Å²) >= 11 is 0. The van der Waals surface area contributed by atoms with Crippen LogP contribution in [0.25, 0.3) is 6.08 Å². The molecular formula is C19H16O4. The lowest BCUT2D eigenvalue weighted by atomic mass is 9.94. The van der Waals surface area contributed by atoms with Gasteiger partial charge in [0, 0.05) is 22.8 Å². The number of carbonyl (C=O) groups is 3. The van der Waals surface area contributed by atoms with Gasteiger partial charge in [0.05, 0.1) is 0 Å². The lowest BCUT2D eigenvalue weighted by molar-refractivity contribution is -0.131. The largest absolute Gasteiger partial charge is 0.478 e. The normalized spacial score (nSPS) is 10.7. The van der Waals surface area contributed by atoms with E-state index >= 15 is 0 Å². The van der Waals surface area contributed by atoms with Crippen LogP contribution in [0.2, 0.25) is 0 Å². The van der Waals surface area contributed by atoms with Crippen molar-refractivity contribution in [1.82, 2.24) is 0 Å². The number of aliphatic carboxylic acids is 1. The van der Waals surface area contributed by atoms with E-state index in [1.54, 1.807) is 36.4 Å². The highest BCUT2D eigenvalue weighted by atomic mass is 16.4. The van der Waals surface area contributed by atoms with Crippen molar-refractivity contribution in [1.29, 1.82) is 0 Å². The van der Waals surface area contributed by atoms with Gasteiger partial charge < -0.3 is 5.11 Å². The summed E-state index contributed by atoms with van der Waals surface area (Å²) in [6.07, 6.45) is 2.42. The first kappa shape index (κ1) is 16.4. The van der Waals surface area contributed by atoms with Gasteiger partial charge in [-0.05, 0) is 37.1 Å². The van der Waals surface area contributed by atoms with E-state index in [0.29, 0.717) is 22.3 Å². The van der Waals surface area contributed by atoms with E-state index in [9.17, 15) is 14.4 Å². The number of hydrogen-bond acceptors (Lipinski definition) is 3. The second-order valence-corrected chi connectivity index (χ2v) is 5.17. The zero-order valence-electron chi connectivity index (χ0n) is 12.9. The maximum atomic E-state index is 12.7. The van der Waals surface area contributed by atoms with Crippen molar-refractivity contribution in [2.75, 3.05) is 0 Å². The molecule has 0 saturated carbocycles. The molecule has 0 aliphatic rings. The summed E-state index contributed by atoms with van der Waals surface area (Å²) in [7, 11) is 0. The molecule has 4 nitrogen and oxygen atoms in total. The van der Waals surface area contributed by atoms with Crippen LogP contribution in [0, 0.1) is 6.92 Å². The monoisotopic (exact) mass is 308 g/mol. The zero-order valence-corrected chi connectivity index (χ0v) is 12.9. The van der Waals surface area contributed by atoms with Gasteiger partial charge in [-0.15, -0.1) is 0 Å². The molecule has 0 saturated heterocycles. The summed E-state index contributed by atoms with van der Waals surface area (Å²) in [5, 5.41) is 8.80. The zero-order chi connectivity index (χ0) is 17.0. The third-order valence-corrected chi connectivity index (χ3v) is 3.49. The maximum Gasteiger partial charge on any atom is 0.328 e. The highest BCUT2D eigenvalue weighted by molar-refractivity contribution is 6.12. The van der Waals surface area contributed by atoms with Crippen molar-refractivity contribution in [3.05, 3.63) is 76.4 Å². The van der Waals surface area contributed by atoms with Gasteiger partial charge in [0.25, 0.3) is 0 Å². The minimum atomic E-state index is -1.08. The van der Waals surface area contributed by atoms with Crippen molar-refractivity contribution in [3.63, 3.8) is 0 Å². The smallest absolute Gasteiger partial charge is 0.328 e. The Labute approximate surface area is 134 Å². The molecule has 116 valence electrons. The Hall–Kier alpha value is -3.01. The van der Waals surface area contributed by atoms with E-state index in [1.165, 1.54) is 13.0 Å². The molecule has 0 unspecified atom stereocenters. The van der Waals surface area contributed by atoms with Crippen LogP contribution in [-0.4, -0.2) is 22.6 Å². The SMILES string of the molecule is CC(=O)c1cccc(C(=O)c2cccc(C)c2/C=C/C(=O)O)c1. The summed E-state index contributed by atoms with van der Waals surface area (Å²) in [4.78, 5) is 35.0. The lowest BCUT2D eigenvalue weighted by Gasteiger charge is -2.09. The molecular weight excluding hydrogens is 292 g/mol. The van der Waals surface area contributed by atoms with Crippen LogP contribution in [0.3, 0.4) is 0 Å². The van der Waals surface area contributed by atoms with Crippen molar-refractivity contribution in [3.8, 4) is 0 Å². The second kappa shape index (κ2) is 6.83. The predicted molar refractivity (Wildman–Crippen MR) is 87.7 cm³/mol. The number of Topliss-reactive ketones (excluding diaryl/α,β-unsaturated/α-hetero) is 1. The Morgan fingerprint density at radius 3 is 2.30 bits per heavy atom. The van der Waals surface area contributed by atoms with Crippen LogP contribution in [0.15, 0.2) is 48.5 Å². The van der Waals surface area contributed by atoms with Crippen LogP contribution >= 0.6 is 0 Å². The Kier molecular flexibility index (Phi) is 4.86. The summed E-state index contributed by atoms with van der Waals surface area (Å²) in [5.41, 5.74) is 2.63. The van der Waals surface area contributed by atoms with Crippen LogP contribution in [-0.2, 0) is 4.79 Å². The Bertz CT molecular complexity index is 816. The van der Waals surface area contributed by atoms with E-state index in [4.69, 9.17) is 5.11 Å². The van der Waals surface area contributed by atoms with Gasteiger partial charge in [-0.25, -0.2) is 4.79 Å². The van der Waals surface area contributed by atoms with E-state index in [1.807, 2.05) is 13.0 Å². The Morgan fingerprint density at radius 2 is 1.65 bits per heavy atom. The fourth-order valence-electron chi connectivity index (χ4n) is 2.29. The number of hydrogen-bond donors (Lipinski definition) is 1. The highest BCUT2D eigenvalue weighted by Gasteiger charge is 2.15.